The molecular weight excluding hydrogens is 248 g/mol. The highest BCUT2D eigenvalue weighted by Gasteiger charge is 2.10. The van der Waals surface area contributed by atoms with Crippen LogP contribution in [-0.4, -0.2) is 25.4 Å². The Hall–Kier alpha value is 0.210. The quantitative estimate of drug-likeness (QED) is 0.289. The van der Waals surface area contributed by atoms with Gasteiger partial charge < -0.3 is 9.47 Å². The Balaban J connectivity index is 3.33. The van der Waals surface area contributed by atoms with E-state index in [2.05, 4.69) is 27.7 Å². The second kappa shape index (κ2) is 12.3. The highest BCUT2D eigenvalue weighted by Crippen LogP contribution is 2.21. The molecule has 0 spiro atoms. The Bertz CT molecular complexity index is 174. The van der Waals surface area contributed by atoms with Crippen LogP contribution in [0.2, 0.25) is 0 Å². The smallest absolute Gasteiger partial charge is 0.146 e. The van der Waals surface area contributed by atoms with Crippen LogP contribution in [0.25, 0.3) is 0 Å². The van der Waals surface area contributed by atoms with Gasteiger partial charge in [-0.05, 0) is 50.9 Å². The fraction of sp³-hybridized carbons (Fsp3) is 1.00. The fourth-order valence-corrected chi connectivity index (χ4v) is 2.61. The molecule has 0 aromatic rings. The third-order valence-electron chi connectivity index (χ3n) is 3.03. The minimum atomic E-state index is 0.297. The average Bonchev–Trinajstić information content (AvgIpc) is 2.26. The predicted octanol–water partition coefficient (Wildman–Crippen LogP) is 4.85. The molecule has 3 atom stereocenters. The molecule has 0 aliphatic rings. The molecule has 0 N–H and O–H groups in total. The minimum Gasteiger partial charge on any atom is -0.355 e. The summed E-state index contributed by atoms with van der Waals surface area (Å²) in [6, 6.07) is 0. The maximum Gasteiger partial charge on any atom is 0.146 e. The molecule has 3 heteroatoms. The first-order valence-electron chi connectivity index (χ1n) is 7.35. The van der Waals surface area contributed by atoms with Crippen LogP contribution in [0.1, 0.15) is 59.8 Å². The van der Waals surface area contributed by atoms with Crippen LogP contribution < -0.4 is 0 Å². The van der Waals surface area contributed by atoms with Gasteiger partial charge in [0.15, 0.2) is 0 Å². The monoisotopic (exact) mass is 278 g/mol. The van der Waals surface area contributed by atoms with Crippen molar-refractivity contribution in [3.8, 4) is 0 Å². The van der Waals surface area contributed by atoms with Gasteiger partial charge in [0.05, 0.1) is 0 Å². The molecule has 2 nitrogen and oxygen atoms in total. The first kappa shape index (κ1) is 18.2. The SMILES string of the molecule is CCCOCOCCCC(C)CC(C)CC(C)Cl. The van der Waals surface area contributed by atoms with Crippen molar-refractivity contribution in [2.75, 3.05) is 20.0 Å². The number of halogens is 1. The van der Waals surface area contributed by atoms with Gasteiger partial charge in [-0.3, -0.25) is 0 Å². The van der Waals surface area contributed by atoms with Gasteiger partial charge in [-0.2, -0.15) is 0 Å². The molecular formula is C15H31ClO2. The summed E-state index contributed by atoms with van der Waals surface area (Å²) in [6.45, 7) is 10.9. The molecule has 0 amide bonds. The Morgan fingerprint density at radius 1 is 0.944 bits per heavy atom. The molecule has 0 rings (SSSR count). The maximum atomic E-state index is 6.01. The summed E-state index contributed by atoms with van der Waals surface area (Å²) in [5.41, 5.74) is 0. The van der Waals surface area contributed by atoms with E-state index in [1.165, 1.54) is 12.8 Å². The van der Waals surface area contributed by atoms with Gasteiger partial charge >= 0.3 is 0 Å². The van der Waals surface area contributed by atoms with Crippen LogP contribution in [0.15, 0.2) is 0 Å². The van der Waals surface area contributed by atoms with Gasteiger partial charge in [-0.1, -0.05) is 20.8 Å². The summed E-state index contributed by atoms with van der Waals surface area (Å²) in [5, 5.41) is 0.297. The van der Waals surface area contributed by atoms with Crippen LogP contribution in [0.3, 0.4) is 0 Å². The highest BCUT2D eigenvalue weighted by molar-refractivity contribution is 6.20. The third kappa shape index (κ3) is 12.7. The van der Waals surface area contributed by atoms with E-state index in [4.69, 9.17) is 21.1 Å². The summed E-state index contributed by atoms with van der Waals surface area (Å²) in [6.07, 6.45) is 5.79. The molecule has 3 unspecified atom stereocenters. The summed E-state index contributed by atoms with van der Waals surface area (Å²) < 4.78 is 10.7. The lowest BCUT2D eigenvalue weighted by molar-refractivity contribution is -0.0549. The van der Waals surface area contributed by atoms with E-state index in [-0.39, 0.29) is 0 Å². The summed E-state index contributed by atoms with van der Waals surface area (Å²) in [7, 11) is 0. The highest BCUT2D eigenvalue weighted by atomic mass is 35.5. The second-order valence-electron chi connectivity index (χ2n) is 5.54. The third-order valence-corrected chi connectivity index (χ3v) is 3.21. The number of ether oxygens (including phenoxy) is 2. The van der Waals surface area contributed by atoms with Crippen LogP contribution in [-0.2, 0) is 9.47 Å². The predicted molar refractivity (Wildman–Crippen MR) is 79.2 cm³/mol. The zero-order valence-corrected chi connectivity index (χ0v) is 13.3. The molecule has 0 saturated carbocycles. The average molecular weight is 279 g/mol. The van der Waals surface area contributed by atoms with Crippen LogP contribution in [0, 0.1) is 11.8 Å². The zero-order valence-electron chi connectivity index (χ0n) is 12.6. The van der Waals surface area contributed by atoms with Crippen molar-refractivity contribution in [3.05, 3.63) is 0 Å². The molecule has 18 heavy (non-hydrogen) atoms. The van der Waals surface area contributed by atoms with E-state index in [1.54, 1.807) is 0 Å². The van der Waals surface area contributed by atoms with Gasteiger partial charge in [-0.15, -0.1) is 11.6 Å². The van der Waals surface area contributed by atoms with Crippen molar-refractivity contribution in [2.24, 2.45) is 11.8 Å². The van der Waals surface area contributed by atoms with Crippen molar-refractivity contribution >= 4 is 11.6 Å². The van der Waals surface area contributed by atoms with Crippen LogP contribution in [0.5, 0.6) is 0 Å². The van der Waals surface area contributed by atoms with Gasteiger partial charge in [-0.25, -0.2) is 0 Å². The zero-order chi connectivity index (χ0) is 13.8. The summed E-state index contributed by atoms with van der Waals surface area (Å²) in [4.78, 5) is 0. The van der Waals surface area contributed by atoms with E-state index in [0.717, 1.165) is 44.3 Å². The molecule has 0 radical (unpaired) electrons. The van der Waals surface area contributed by atoms with Crippen molar-refractivity contribution in [3.63, 3.8) is 0 Å². The molecule has 0 aliphatic carbocycles. The Morgan fingerprint density at radius 3 is 2.22 bits per heavy atom. The Morgan fingerprint density at radius 2 is 1.61 bits per heavy atom. The normalized spacial score (nSPS) is 16.5. The van der Waals surface area contributed by atoms with E-state index in [1.807, 2.05) is 0 Å². The van der Waals surface area contributed by atoms with Crippen LogP contribution >= 0.6 is 11.6 Å². The van der Waals surface area contributed by atoms with E-state index < -0.39 is 0 Å². The number of hydrogen-bond acceptors (Lipinski definition) is 2. The molecule has 0 aliphatic heterocycles. The van der Waals surface area contributed by atoms with Crippen molar-refractivity contribution < 1.29 is 9.47 Å². The number of alkyl halides is 1. The first-order chi connectivity index (χ1) is 8.56. The lowest BCUT2D eigenvalue weighted by Crippen LogP contribution is -2.09. The maximum absolute atomic E-state index is 6.01. The largest absolute Gasteiger partial charge is 0.355 e. The standard InChI is InChI=1S/C15H31ClO2/c1-5-8-17-12-18-9-6-7-13(2)10-14(3)11-15(4)16/h13-15H,5-12H2,1-4H3. The molecule has 0 bridgehead atoms. The summed E-state index contributed by atoms with van der Waals surface area (Å²) >= 11 is 6.01. The van der Waals surface area contributed by atoms with Crippen LogP contribution in [0.4, 0.5) is 0 Å². The van der Waals surface area contributed by atoms with E-state index in [9.17, 15) is 0 Å². The topological polar surface area (TPSA) is 18.5 Å². The van der Waals surface area contributed by atoms with Gasteiger partial charge in [0.25, 0.3) is 0 Å². The van der Waals surface area contributed by atoms with Crippen molar-refractivity contribution in [2.45, 2.75) is 65.2 Å². The van der Waals surface area contributed by atoms with Crippen molar-refractivity contribution in [1.29, 1.82) is 0 Å². The molecule has 0 aromatic carbocycles. The molecule has 0 saturated heterocycles. The number of hydrogen-bond donors (Lipinski definition) is 0. The van der Waals surface area contributed by atoms with Gasteiger partial charge in [0.2, 0.25) is 0 Å². The molecule has 0 heterocycles. The number of rotatable bonds is 12. The van der Waals surface area contributed by atoms with E-state index >= 15 is 0 Å². The second-order valence-corrected chi connectivity index (χ2v) is 6.28. The van der Waals surface area contributed by atoms with Gasteiger partial charge in [0, 0.05) is 18.6 Å². The molecule has 0 aromatic heterocycles. The fourth-order valence-electron chi connectivity index (χ4n) is 2.31. The lowest BCUT2D eigenvalue weighted by Gasteiger charge is -2.18. The Labute approximate surface area is 118 Å². The first-order valence-corrected chi connectivity index (χ1v) is 7.79. The van der Waals surface area contributed by atoms with Crippen molar-refractivity contribution in [1.82, 2.24) is 0 Å². The minimum absolute atomic E-state index is 0.297. The Kier molecular flexibility index (Phi) is 12.4. The van der Waals surface area contributed by atoms with E-state index in [0.29, 0.717) is 12.2 Å². The molecule has 0 fully saturated rings. The lowest BCUT2D eigenvalue weighted by atomic mass is 9.91. The summed E-state index contributed by atoms with van der Waals surface area (Å²) in [5.74, 6) is 1.48. The van der Waals surface area contributed by atoms with Gasteiger partial charge in [0.1, 0.15) is 6.79 Å². The molecule has 110 valence electrons.